The van der Waals surface area contributed by atoms with Crippen LogP contribution in [-0.4, -0.2) is 92.1 Å². The quantitative estimate of drug-likeness (QED) is 0.203. The molecule has 0 aromatic rings. The molecule has 0 spiro atoms. The Balaban J connectivity index is 0.00000300. The molecule has 1 atom stereocenters. The molecule has 0 radical (unpaired) electrons. The summed E-state index contributed by atoms with van der Waals surface area (Å²) in [6, 6.07) is -0.419. The summed E-state index contributed by atoms with van der Waals surface area (Å²) >= 11 is 0. The highest BCUT2D eigenvalue weighted by Gasteiger charge is 2.48. The number of ether oxygens (including phenoxy) is 1. The van der Waals surface area contributed by atoms with Crippen LogP contribution in [0.15, 0.2) is 4.99 Å². The fourth-order valence-corrected chi connectivity index (χ4v) is 4.10. The number of hydrogen-bond acceptors (Lipinski definition) is 5. The number of morpholine rings is 1. The van der Waals surface area contributed by atoms with Crippen molar-refractivity contribution < 1.29 is 19.1 Å². The van der Waals surface area contributed by atoms with Gasteiger partial charge in [-0.05, 0) is 25.7 Å². The van der Waals surface area contributed by atoms with E-state index >= 15 is 0 Å². The Morgan fingerprint density at radius 2 is 1.86 bits per heavy atom. The topological polar surface area (TPSA) is 115 Å². The first-order chi connectivity index (χ1) is 13.4. The van der Waals surface area contributed by atoms with Gasteiger partial charge in [0.05, 0.1) is 13.2 Å². The number of nitrogens with one attached hydrogen (secondary N) is 3. The minimum atomic E-state index is -0.843. The Morgan fingerprint density at radius 3 is 2.41 bits per heavy atom. The molecule has 0 aromatic heterocycles. The Kier molecular flexibility index (Phi) is 8.49. The molecule has 3 fully saturated rings. The Morgan fingerprint density at radius 1 is 1.21 bits per heavy atom. The molecule has 164 valence electrons. The molecule has 3 rings (SSSR count). The average molecular weight is 522 g/mol. The highest BCUT2D eigenvalue weighted by Crippen LogP contribution is 2.30. The van der Waals surface area contributed by atoms with Crippen LogP contribution in [0.25, 0.3) is 0 Å². The van der Waals surface area contributed by atoms with Crippen molar-refractivity contribution in [3.63, 3.8) is 0 Å². The molecular formula is C18H31IN6O4. The minimum absolute atomic E-state index is 0. The fraction of sp³-hybridized carbons (Fsp3) is 0.778. The van der Waals surface area contributed by atoms with Crippen molar-refractivity contribution in [1.29, 1.82) is 0 Å². The van der Waals surface area contributed by atoms with Gasteiger partial charge in [-0.1, -0.05) is 0 Å². The molecule has 3 N–H and O–H groups in total. The van der Waals surface area contributed by atoms with E-state index in [1.54, 1.807) is 14.0 Å². The number of piperidine rings is 1. The molecule has 0 bridgehead atoms. The van der Waals surface area contributed by atoms with Gasteiger partial charge in [0.25, 0.3) is 5.91 Å². The van der Waals surface area contributed by atoms with Gasteiger partial charge in [-0.25, -0.2) is 4.79 Å². The normalized spacial score (nSPS) is 25.9. The fourth-order valence-electron chi connectivity index (χ4n) is 4.10. The second-order valence-electron chi connectivity index (χ2n) is 7.59. The van der Waals surface area contributed by atoms with Crippen molar-refractivity contribution in [2.75, 3.05) is 53.0 Å². The monoisotopic (exact) mass is 522 g/mol. The van der Waals surface area contributed by atoms with Crippen LogP contribution >= 0.6 is 24.0 Å². The number of rotatable bonds is 4. The summed E-state index contributed by atoms with van der Waals surface area (Å²) in [5, 5.41) is 8.37. The number of urea groups is 1. The van der Waals surface area contributed by atoms with Crippen molar-refractivity contribution in [2.45, 2.75) is 31.7 Å². The zero-order valence-corrected chi connectivity index (χ0v) is 19.4. The van der Waals surface area contributed by atoms with E-state index in [4.69, 9.17) is 4.74 Å². The third kappa shape index (κ3) is 5.50. The van der Waals surface area contributed by atoms with Crippen LogP contribution in [0.3, 0.4) is 0 Å². The maximum absolute atomic E-state index is 12.2. The van der Waals surface area contributed by atoms with E-state index < -0.39 is 11.6 Å². The number of likely N-dealkylation sites (tertiary alicyclic amines) is 1. The van der Waals surface area contributed by atoms with Gasteiger partial charge in [0, 0.05) is 46.2 Å². The summed E-state index contributed by atoms with van der Waals surface area (Å²) in [6.45, 7) is 6.31. The van der Waals surface area contributed by atoms with E-state index in [9.17, 15) is 14.4 Å². The molecule has 4 amide bonds. The number of carbonyl (C=O) groups excluding carboxylic acids is 3. The molecule has 3 aliphatic heterocycles. The Hall–Kier alpha value is -1.63. The largest absolute Gasteiger partial charge is 0.378 e. The van der Waals surface area contributed by atoms with Gasteiger partial charge < -0.3 is 25.2 Å². The highest BCUT2D eigenvalue weighted by molar-refractivity contribution is 14.0. The van der Waals surface area contributed by atoms with E-state index in [-0.39, 0.29) is 41.7 Å². The summed E-state index contributed by atoms with van der Waals surface area (Å²) in [4.78, 5) is 44.1. The third-order valence-electron chi connectivity index (χ3n) is 5.88. The summed E-state index contributed by atoms with van der Waals surface area (Å²) in [5.74, 6) is 0.718. The number of nitrogens with zero attached hydrogens (tertiary/aromatic N) is 3. The lowest BCUT2D eigenvalue weighted by atomic mass is 9.79. The van der Waals surface area contributed by atoms with Gasteiger partial charge in [0.15, 0.2) is 5.96 Å². The predicted octanol–water partition coefficient (Wildman–Crippen LogP) is -0.261. The summed E-state index contributed by atoms with van der Waals surface area (Å²) in [6.07, 6.45) is 1.97. The standard InChI is InChI=1S/C18H30N6O4.HI/c1-18(15(26)21-17(27)22-18)13-4-7-24(8-5-13)16(19-2)20-6-3-14(25)23-9-11-28-12-10-23;/h13H,3-12H2,1-2H3,(H,19,20)(H2,21,22,26,27);1H. The van der Waals surface area contributed by atoms with E-state index in [1.165, 1.54) is 0 Å². The van der Waals surface area contributed by atoms with Crippen molar-refractivity contribution in [2.24, 2.45) is 10.9 Å². The number of imide groups is 1. The van der Waals surface area contributed by atoms with Crippen molar-refractivity contribution in [1.82, 2.24) is 25.8 Å². The molecule has 3 saturated heterocycles. The number of amides is 4. The molecule has 3 heterocycles. The summed E-state index contributed by atoms with van der Waals surface area (Å²) in [5.41, 5.74) is -0.843. The lowest BCUT2D eigenvalue weighted by Gasteiger charge is -2.39. The molecule has 3 aliphatic rings. The first-order valence-corrected chi connectivity index (χ1v) is 9.88. The summed E-state index contributed by atoms with van der Waals surface area (Å²) < 4.78 is 5.27. The van der Waals surface area contributed by atoms with Gasteiger partial charge in [-0.2, -0.15) is 0 Å². The zero-order valence-electron chi connectivity index (χ0n) is 17.0. The van der Waals surface area contributed by atoms with E-state index in [2.05, 4.69) is 25.8 Å². The minimum Gasteiger partial charge on any atom is -0.378 e. The first-order valence-electron chi connectivity index (χ1n) is 9.88. The van der Waals surface area contributed by atoms with Crippen LogP contribution in [0, 0.1) is 5.92 Å². The molecule has 29 heavy (non-hydrogen) atoms. The molecule has 11 heteroatoms. The van der Waals surface area contributed by atoms with Crippen LogP contribution < -0.4 is 16.0 Å². The molecule has 0 aliphatic carbocycles. The number of hydrogen-bond donors (Lipinski definition) is 3. The SMILES string of the molecule is CN=C(NCCC(=O)N1CCOCC1)N1CCC(C2(C)NC(=O)NC2=O)CC1.I. The van der Waals surface area contributed by atoms with Gasteiger partial charge in [-0.3, -0.25) is 19.9 Å². The molecule has 0 saturated carbocycles. The van der Waals surface area contributed by atoms with Gasteiger partial charge >= 0.3 is 6.03 Å². The lowest BCUT2D eigenvalue weighted by molar-refractivity contribution is -0.135. The van der Waals surface area contributed by atoms with Crippen LogP contribution in [0.1, 0.15) is 26.2 Å². The number of aliphatic imine (C=N–C) groups is 1. The van der Waals surface area contributed by atoms with E-state index in [0.717, 1.165) is 31.9 Å². The smallest absolute Gasteiger partial charge is 0.322 e. The maximum Gasteiger partial charge on any atom is 0.322 e. The number of guanidine groups is 1. The first kappa shape index (κ1) is 23.6. The van der Waals surface area contributed by atoms with E-state index in [1.807, 2.05) is 4.90 Å². The summed E-state index contributed by atoms with van der Waals surface area (Å²) in [7, 11) is 1.73. The molecular weight excluding hydrogens is 491 g/mol. The molecule has 0 aromatic carbocycles. The van der Waals surface area contributed by atoms with Crippen molar-refractivity contribution in [3.05, 3.63) is 0 Å². The Bertz CT molecular complexity index is 646. The second kappa shape index (κ2) is 10.4. The van der Waals surface area contributed by atoms with Gasteiger partial charge in [0.2, 0.25) is 5.91 Å². The molecule has 10 nitrogen and oxygen atoms in total. The zero-order chi connectivity index (χ0) is 20.1. The maximum atomic E-state index is 12.2. The second-order valence-corrected chi connectivity index (χ2v) is 7.59. The van der Waals surface area contributed by atoms with Gasteiger partial charge in [0.1, 0.15) is 5.54 Å². The lowest BCUT2D eigenvalue weighted by Crippen LogP contribution is -2.55. The van der Waals surface area contributed by atoms with Crippen molar-refractivity contribution >= 4 is 47.8 Å². The van der Waals surface area contributed by atoms with Crippen LogP contribution in [-0.2, 0) is 14.3 Å². The van der Waals surface area contributed by atoms with Crippen molar-refractivity contribution in [3.8, 4) is 0 Å². The third-order valence-corrected chi connectivity index (χ3v) is 5.88. The van der Waals surface area contributed by atoms with E-state index in [0.29, 0.717) is 39.3 Å². The average Bonchev–Trinajstić information content (AvgIpc) is 2.98. The van der Waals surface area contributed by atoms with Gasteiger partial charge in [-0.15, -0.1) is 24.0 Å². The number of carbonyl (C=O) groups is 3. The van der Waals surface area contributed by atoms with Crippen LogP contribution in [0.5, 0.6) is 0 Å². The van der Waals surface area contributed by atoms with Crippen LogP contribution in [0.4, 0.5) is 4.79 Å². The van der Waals surface area contributed by atoms with Crippen LogP contribution in [0.2, 0.25) is 0 Å². The molecule has 1 unspecified atom stereocenters. The number of halogens is 1. The highest BCUT2D eigenvalue weighted by atomic mass is 127. The Labute approximate surface area is 188 Å². The predicted molar refractivity (Wildman–Crippen MR) is 118 cm³/mol.